The van der Waals surface area contributed by atoms with Gasteiger partial charge >= 0.3 is 0 Å². The van der Waals surface area contributed by atoms with Gasteiger partial charge in [-0.15, -0.1) is 0 Å². The number of benzene rings is 4. The Bertz CT molecular complexity index is 1740. The fourth-order valence-electron chi connectivity index (χ4n) is 4.85. The molecule has 4 aromatic rings. The van der Waals surface area contributed by atoms with Crippen LogP contribution in [0, 0.1) is 6.92 Å². The first kappa shape index (κ1) is 35.5. The van der Waals surface area contributed by atoms with E-state index in [-0.39, 0.29) is 39.5 Å². The van der Waals surface area contributed by atoms with Crippen LogP contribution in [0.2, 0.25) is 10.0 Å². The Morgan fingerprint density at radius 2 is 1.54 bits per heavy atom. The molecule has 4 rings (SSSR count). The lowest BCUT2D eigenvalue weighted by Crippen LogP contribution is -2.53. The van der Waals surface area contributed by atoms with Gasteiger partial charge in [-0.2, -0.15) is 0 Å². The van der Waals surface area contributed by atoms with Gasteiger partial charge in [0.25, 0.3) is 10.0 Å². The van der Waals surface area contributed by atoms with Crippen molar-refractivity contribution >= 4 is 66.7 Å². The van der Waals surface area contributed by atoms with Crippen molar-refractivity contribution in [1.29, 1.82) is 0 Å². The predicted octanol–water partition coefficient (Wildman–Crippen LogP) is 7.82. The Labute approximate surface area is 289 Å². The second kappa shape index (κ2) is 16.5. The highest BCUT2D eigenvalue weighted by Crippen LogP contribution is 2.31. The number of aryl methyl sites for hydroxylation is 1. The van der Waals surface area contributed by atoms with E-state index in [1.807, 2.05) is 68.4 Å². The number of halogens is 3. The second-order valence-corrected chi connectivity index (χ2v) is 14.5. The molecule has 7 nitrogen and oxygen atoms in total. The molecular formula is C35H36BrCl2N3O4S. The molecule has 0 radical (unpaired) electrons. The summed E-state index contributed by atoms with van der Waals surface area (Å²) >= 11 is 16.0. The second-order valence-electron chi connectivity index (χ2n) is 10.9. The first-order valence-electron chi connectivity index (χ1n) is 14.9. The van der Waals surface area contributed by atoms with Crippen molar-refractivity contribution in [2.24, 2.45) is 0 Å². The number of anilines is 1. The first-order valence-corrected chi connectivity index (χ1v) is 17.9. The summed E-state index contributed by atoms with van der Waals surface area (Å²) in [5.74, 6) is -0.874. The van der Waals surface area contributed by atoms with E-state index in [1.54, 1.807) is 12.1 Å². The summed E-state index contributed by atoms with van der Waals surface area (Å²) < 4.78 is 30.2. The number of sulfonamides is 1. The number of rotatable bonds is 14. The number of unbranched alkanes of at least 4 members (excludes halogenated alkanes) is 1. The van der Waals surface area contributed by atoms with Crippen LogP contribution in [0.15, 0.2) is 106 Å². The molecule has 0 aliphatic rings. The number of amides is 2. The zero-order chi connectivity index (χ0) is 33.3. The van der Waals surface area contributed by atoms with Gasteiger partial charge in [-0.1, -0.05) is 113 Å². The van der Waals surface area contributed by atoms with Crippen LogP contribution in [-0.2, 0) is 32.6 Å². The maximum atomic E-state index is 14.5. The monoisotopic (exact) mass is 743 g/mol. The van der Waals surface area contributed by atoms with E-state index in [0.717, 1.165) is 38.3 Å². The maximum Gasteiger partial charge on any atom is 0.264 e. The lowest BCUT2D eigenvalue weighted by Gasteiger charge is -2.34. The van der Waals surface area contributed by atoms with E-state index in [0.29, 0.717) is 6.54 Å². The van der Waals surface area contributed by atoms with Crippen molar-refractivity contribution in [3.8, 4) is 0 Å². The Hall–Kier alpha value is -3.37. The molecule has 0 aliphatic carbocycles. The fourth-order valence-corrected chi connectivity index (χ4v) is 6.82. The maximum absolute atomic E-state index is 14.5. The molecule has 0 saturated heterocycles. The van der Waals surface area contributed by atoms with Crippen molar-refractivity contribution in [2.75, 3.05) is 17.4 Å². The van der Waals surface area contributed by atoms with Gasteiger partial charge in [0.15, 0.2) is 0 Å². The normalized spacial score (nSPS) is 11.9. The molecule has 1 unspecified atom stereocenters. The van der Waals surface area contributed by atoms with Gasteiger partial charge in [0.1, 0.15) is 12.6 Å². The molecule has 0 saturated carbocycles. The zero-order valence-corrected chi connectivity index (χ0v) is 29.5. The van der Waals surface area contributed by atoms with E-state index in [2.05, 4.69) is 21.2 Å². The van der Waals surface area contributed by atoms with Crippen molar-refractivity contribution in [3.05, 3.63) is 128 Å². The quantitative estimate of drug-likeness (QED) is 0.134. The topological polar surface area (TPSA) is 86.8 Å². The van der Waals surface area contributed by atoms with Crippen LogP contribution in [0.5, 0.6) is 0 Å². The summed E-state index contributed by atoms with van der Waals surface area (Å²) in [6, 6.07) is 26.7. The standard InChI is InChI=1S/C35H36BrCl2N3O4S/c1-3-4-20-39-35(43)33(21-26-8-6-5-7-9-26)40(23-27-12-14-28(36)15-13-27)34(42)24-41(29-16-19-31(37)32(38)22-29)46(44,45)30-17-10-25(2)11-18-30/h5-19,22,33H,3-4,20-21,23-24H2,1-2H3,(H,39,43). The third-order valence-corrected chi connectivity index (χ3v) is 10.5. The van der Waals surface area contributed by atoms with Crippen LogP contribution in [0.1, 0.15) is 36.5 Å². The highest BCUT2D eigenvalue weighted by molar-refractivity contribution is 9.10. The number of hydrogen-bond donors (Lipinski definition) is 1. The lowest BCUT2D eigenvalue weighted by atomic mass is 10.0. The third-order valence-electron chi connectivity index (χ3n) is 7.45. The highest BCUT2D eigenvalue weighted by atomic mass is 79.9. The fraction of sp³-hybridized carbons (Fsp3) is 0.257. The summed E-state index contributed by atoms with van der Waals surface area (Å²) in [5.41, 5.74) is 2.69. The van der Waals surface area contributed by atoms with Gasteiger partial charge in [0, 0.05) is 24.0 Å². The van der Waals surface area contributed by atoms with Crippen molar-refractivity contribution in [1.82, 2.24) is 10.2 Å². The first-order chi connectivity index (χ1) is 22.0. The Balaban J connectivity index is 1.80. The minimum atomic E-state index is -4.25. The number of carbonyl (C=O) groups is 2. The number of carbonyl (C=O) groups excluding carboxylic acids is 2. The molecule has 0 spiro atoms. The molecule has 1 atom stereocenters. The average Bonchev–Trinajstić information content (AvgIpc) is 3.04. The molecule has 0 aromatic heterocycles. The van der Waals surface area contributed by atoms with Gasteiger partial charge in [-0.25, -0.2) is 8.42 Å². The number of hydrogen-bond acceptors (Lipinski definition) is 4. The minimum absolute atomic E-state index is 0.00887. The van der Waals surface area contributed by atoms with Crippen LogP contribution >= 0.6 is 39.1 Å². The van der Waals surface area contributed by atoms with Crippen molar-refractivity contribution in [2.45, 2.75) is 50.6 Å². The molecule has 0 aliphatic heterocycles. The molecule has 0 heterocycles. The molecule has 46 heavy (non-hydrogen) atoms. The van der Waals surface area contributed by atoms with Crippen LogP contribution in [0.3, 0.4) is 0 Å². The molecular weight excluding hydrogens is 709 g/mol. The largest absolute Gasteiger partial charge is 0.354 e. The average molecular weight is 746 g/mol. The van der Waals surface area contributed by atoms with Crippen molar-refractivity contribution < 1.29 is 18.0 Å². The number of nitrogens with one attached hydrogen (secondary N) is 1. The van der Waals surface area contributed by atoms with Crippen LogP contribution in [0.4, 0.5) is 5.69 Å². The van der Waals surface area contributed by atoms with Crippen LogP contribution in [0.25, 0.3) is 0 Å². The molecule has 242 valence electrons. The summed E-state index contributed by atoms with van der Waals surface area (Å²) in [5, 5.41) is 3.37. The van der Waals surface area contributed by atoms with Gasteiger partial charge in [-0.3, -0.25) is 13.9 Å². The van der Waals surface area contributed by atoms with Crippen molar-refractivity contribution in [3.63, 3.8) is 0 Å². The molecule has 11 heteroatoms. The zero-order valence-electron chi connectivity index (χ0n) is 25.6. The van der Waals surface area contributed by atoms with Gasteiger partial charge in [0.05, 0.1) is 20.6 Å². The SMILES string of the molecule is CCCCNC(=O)C(Cc1ccccc1)N(Cc1ccc(Br)cc1)C(=O)CN(c1ccc(Cl)c(Cl)c1)S(=O)(=O)c1ccc(C)cc1. The molecule has 0 bridgehead atoms. The van der Waals surface area contributed by atoms with Gasteiger partial charge in [0.2, 0.25) is 11.8 Å². The Morgan fingerprint density at radius 3 is 2.17 bits per heavy atom. The molecule has 1 N–H and O–H groups in total. The molecule has 4 aromatic carbocycles. The highest BCUT2D eigenvalue weighted by Gasteiger charge is 2.34. The Morgan fingerprint density at radius 1 is 0.870 bits per heavy atom. The van der Waals surface area contributed by atoms with E-state index in [4.69, 9.17) is 23.2 Å². The minimum Gasteiger partial charge on any atom is -0.354 e. The van der Waals surface area contributed by atoms with Crippen LogP contribution < -0.4 is 9.62 Å². The smallest absolute Gasteiger partial charge is 0.264 e. The summed E-state index contributed by atoms with van der Waals surface area (Å²) in [6.07, 6.45) is 1.91. The summed E-state index contributed by atoms with van der Waals surface area (Å²) in [7, 11) is -4.25. The number of nitrogens with zero attached hydrogens (tertiary/aromatic N) is 2. The van der Waals surface area contributed by atoms with E-state index < -0.39 is 28.5 Å². The molecule has 2 amide bonds. The summed E-state index contributed by atoms with van der Waals surface area (Å²) in [4.78, 5) is 29.8. The van der Waals surface area contributed by atoms with Gasteiger partial charge in [-0.05, 0) is 66.9 Å². The third kappa shape index (κ3) is 9.35. The summed E-state index contributed by atoms with van der Waals surface area (Å²) in [6.45, 7) is 3.83. The van der Waals surface area contributed by atoms with E-state index in [9.17, 15) is 18.0 Å². The lowest BCUT2D eigenvalue weighted by molar-refractivity contribution is -0.140. The Kier molecular flexibility index (Phi) is 12.7. The van der Waals surface area contributed by atoms with E-state index in [1.165, 1.54) is 35.2 Å². The van der Waals surface area contributed by atoms with Gasteiger partial charge < -0.3 is 10.2 Å². The molecule has 0 fully saturated rings. The van der Waals surface area contributed by atoms with E-state index >= 15 is 0 Å². The predicted molar refractivity (Wildman–Crippen MR) is 189 cm³/mol. The van der Waals surface area contributed by atoms with Crippen LogP contribution in [-0.4, -0.2) is 44.3 Å².